The molecule has 0 radical (unpaired) electrons. The number of hydrogen-bond acceptors (Lipinski definition) is 4. The Balaban J connectivity index is 1.59. The number of hydrogen-bond donors (Lipinski definition) is 0. The lowest BCUT2D eigenvalue weighted by molar-refractivity contribution is -0.233. The van der Waals surface area contributed by atoms with Gasteiger partial charge in [0.15, 0.2) is 6.29 Å². The first-order valence-corrected chi connectivity index (χ1v) is 9.11. The van der Waals surface area contributed by atoms with Gasteiger partial charge in [-0.05, 0) is 38.0 Å². The Labute approximate surface area is 155 Å². The van der Waals surface area contributed by atoms with Crippen LogP contribution >= 0.6 is 0 Å². The van der Waals surface area contributed by atoms with Crippen molar-refractivity contribution in [3.05, 3.63) is 65.2 Å². The molecule has 0 N–H and O–H groups in total. The van der Waals surface area contributed by atoms with E-state index in [2.05, 4.69) is 19.1 Å². The Hall–Kier alpha value is -2.17. The third kappa shape index (κ3) is 4.32. The van der Waals surface area contributed by atoms with Gasteiger partial charge in [-0.25, -0.2) is 0 Å². The Morgan fingerprint density at radius 1 is 1.08 bits per heavy atom. The van der Waals surface area contributed by atoms with Gasteiger partial charge < -0.3 is 14.2 Å². The van der Waals surface area contributed by atoms with E-state index in [1.54, 1.807) is 12.1 Å². The maximum absolute atomic E-state index is 12.6. The van der Waals surface area contributed by atoms with Crippen LogP contribution in [-0.4, -0.2) is 19.2 Å². The third-order valence-corrected chi connectivity index (χ3v) is 4.62. The number of ether oxygens (including phenoxy) is 3. The van der Waals surface area contributed by atoms with Gasteiger partial charge in [0.2, 0.25) is 0 Å². The fraction of sp³-hybridized carbons (Fsp3) is 0.409. The van der Waals surface area contributed by atoms with Crippen molar-refractivity contribution >= 4 is 5.97 Å². The molecule has 1 fully saturated rings. The highest BCUT2D eigenvalue weighted by Crippen LogP contribution is 2.33. The first-order chi connectivity index (χ1) is 12.5. The van der Waals surface area contributed by atoms with Gasteiger partial charge in [0.1, 0.15) is 11.2 Å². The molecule has 2 aromatic carbocycles. The van der Waals surface area contributed by atoms with Gasteiger partial charge in [-0.1, -0.05) is 55.3 Å². The number of benzene rings is 2. The Bertz CT molecular complexity index is 726. The van der Waals surface area contributed by atoms with E-state index in [0.717, 1.165) is 24.0 Å². The van der Waals surface area contributed by atoms with Crippen molar-refractivity contribution < 1.29 is 19.0 Å². The van der Waals surface area contributed by atoms with E-state index in [4.69, 9.17) is 14.2 Å². The zero-order valence-electron chi connectivity index (χ0n) is 15.7. The summed E-state index contributed by atoms with van der Waals surface area (Å²) >= 11 is 0. The Morgan fingerprint density at radius 2 is 1.69 bits per heavy atom. The largest absolute Gasteiger partial charge is 0.426 e. The van der Waals surface area contributed by atoms with Gasteiger partial charge in [0.05, 0.1) is 13.2 Å². The lowest BCUT2D eigenvalue weighted by Gasteiger charge is -2.35. The van der Waals surface area contributed by atoms with Gasteiger partial charge in [0, 0.05) is 5.56 Å². The summed E-state index contributed by atoms with van der Waals surface area (Å²) in [4.78, 5) is 12.6. The van der Waals surface area contributed by atoms with E-state index in [-0.39, 0.29) is 19.2 Å². The van der Waals surface area contributed by atoms with E-state index in [0.29, 0.717) is 5.75 Å². The lowest BCUT2D eigenvalue weighted by Crippen LogP contribution is -2.44. The van der Waals surface area contributed by atoms with Crippen LogP contribution in [0.3, 0.4) is 0 Å². The van der Waals surface area contributed by atoms with Crippen molar-refractivity contribution in [1.82, 2.24) is 0 Å². The quantitative estimate of drug-likeness (QED) is 0.581. The second-order valence-corrected chi connectivity index (χ2v) is 7.21. The van der Waals surface area contributed by atoms with Crippen LogP contribution < -0.4 is 4.74 Å². The van der Waals surface area contributed by atoms with E-state index in [1.807, 2.05) is 38.1 Å². The summed E-state index contributed by atoms with van der Waals surface area (Å²) < 4.78 is 17.2. The predicted octanol–water partition coefficient (Wildman–Crippen LogP) is 4.60. The zero-order valence-corrected chi connectivity index (χ0v) is 15.7. The van der Waals surface area contributed by atoms with Crippen LogP contribution in [0.25, 0.3) is 0 Å². The molecule has 0 aromatic heterocycles. The summed E-state index contributed by atoms with van der Waals surface area (Å²) in [5.41, 5.74) is 2.58. The van der Waals surface area contributed by atoms with E-state index in [1.165, 1.54) is 5.56 Å². The first-order valence-electron chi connectivity index (χ1n) is 9.11. The Kier molecular flexibility index (Phi) is 5.74. The molecule has 0 amide bonds. The molecule has 1 heterocycles. The predicted molar refractivity (Wildman–Crippen MR) is 100 cm³/mol. The van der Waals surface area contributed by atoms with Crippen molar-refractivity contribution in [3.63, 3.8) is 0 Å². The first kappa shape index (κ1) is 18.6. The maximum Gasteiger partial charge on any atom is 0.321 e. The summed E-state index contributed by atoms with van der Waals surface area (Å²) in [6, 6.07) is 15.7. The van der Waals surface area contributed by atoms with Gasteiger partial charge in [-0.15, -0.1) is 0 Å². The molecule has 0 spiro atoms. The molecule has 0 unspecified atom stereocenters. The van der Waals surface area contributed by atoms with Crippen LogP contribution in [0, 0.1) is 12.3 Å². The number of carbonyl (C=O) groups is 1. The van der Waals surface area contributed by atoms with Crippen LogP contribution in [0.1, 0.15) is 43.2 Å². The molecule has 1 saturated heterocycles. The summed E-state index contributed by atoms with van der Waals surface area (Å²) in [6.45, 7) is 6.49. The highest BCUT2D eigenvalue weighted by atomic mass is 16.7. The molecule has 2 aromatic rings. The second kappa shape index (κ2) is 8.02. The molecule has 3 rings (SSSR count). The molecule has 0 atom stereocenters. The summed E-state index contributed by atoms with van der Waals surface area (Å²) in [7, 11) is 0. The molecule has 26 heavy (non-hydrogen) atoms. The zero-order chi connectivity index (χ0) is 18.6. The molecule has 0 aliphatic carbocycles. The van der Waals surface area contributed by atoms with Crippen LogP contribution in [0.5, 0.6) is 5.75 Å². The van der Waals surface area contributed by atoms with Gasteiger partial charge >= 0.3 is 5.97 Å². The molecule has 0 bridgehead atoms. The second-order valence-electron chi connectivity index (χ2n) is 7.21. The minimum Gasteiger partial charge on any atom is -0.426 e. The fourth-order valence-corrected chi connectivity index (χ4v) is 2.89. The smallest absolute Gasteiger partial charge is 0.321 e. The van der Waals surface area contributed by atoms with E-state index >= 15 is 0 Å². The van der Waals surface area contributed by atoms with Crippen LogP contribution in [0.2, 0.25) is 0 Å². The third-order valence-electron chi connectivity index (χ3n) is 4.62. The molecule has 4 heteroatoms. The molecule has 4 nitrogen and oxygen atoms in total. The van der Waals surface area contributed by atoms with Crippen molar-refractivity contribution in [2.24, 2.45) is 5.41 Å². The SMILES string of the molecule is CCCc1ccc(C2OCC(C)(C(=O)Oc3ccc(C)cc3)CO2)cc1. The molecule has 1 aliphatic rings. The Morgan fingerprint density at radius 3 is 2.27 bits per heavy atom. The van der Waals surface area contributed by atoms with Crippen molar-refractivity contribution in [3.8, 4) is 5.75 Å². The molecular formula is C22H26O4. The fourth-order valence-electron chi connectivity index (χ4n) is 2.89. The standard InChI is InChI=1S/C22H26O4/c1-4-5-17-8-10-18(11-9-17)20-24-14-22(3,15-25-20)21(23)26-19-12-6-16(2)7-13-19/h6-13,20H,4-5,14-15H2,1-3H3. The van der Waals surface area contributed by atoms with E-state index in [9.17, 15) is 4.79 Å². The number of aryl methyl sites for hydroxylation is 2. The average Bonchev–Trinajstić information content (AvgIpc) is 2.65. The monoisotopic (exact) mass is 354 g/mol. The molecule has 138 valence electrons. The maximum atomic E-state index is 12.6. The molecule has 0 saturated carbocycles. The number of carbonyl (C=O) groups excluding carboxylic acids is 1. The summed E-state index contributed by atoms with van der Waals surface area (Å²) in [6.07, 6.45) is 1.75. The number of rotatable bonds is 5. The van der Waals surface area contributed by atoms with E-state index < -0.39 is 11.7 Å². The molecular weight excluding hydrogens is 328 g/mol. The topological polar surface area (TPSA) is 44.8 Å². The van der Waals surface area contributed by atoms with Crippen molar-refractivity contribution in [1.29, 1.82) is 0 Å². The van der Waals surface area contributed by atoms with Crippen LogP contribution in [0.4, 0.5) is 0 Å². The van der Waals surface area contributed by atoms with Gasteiger partial charge in [-0.2, -0.15) is 0 Å². The van der Waals surface area contributed by atoms with Gasteiger partial charge in [0.25, 0.3) is 0 Å². The van der Waals surface area contributed by atoms with Crippen molar-refractivity contribution in [2.45, 2.75) is 39.9 Å². The number of esters is 1. The van der Waals surface area contributed by atoms with Crippen LogP contribution in [-0.2, 0) is 20.7 Å². The van der Waals surface area contributed by atoms with Crippen LogP contribution in [0.15, 0.2) is 48.5 Å². The minimum absolute atomic E-state index is 0.263. The highest BCUT2D eigenvalue weighted by Gasteiger charge is 2.41. The summed E-state index contributed by atoms with van der Waals surface area (Å²) in [5, 5.41) is 0. The molecule has 1 aliphatic heterocycles. The minimum atomic E-state index is -0.816. The normalized spacial score (nSPS) is 22.8. The average molecular weight is 354 g/mol. The van der Waals surface area contributed by atoms with Gasteiger partial charge in [-0.3, -0.25) is 4.79 Å². The highest BCUT2D eigenvalue weighted by molar-refractivity contribution is 5.79. The van der Waals surface area contributed by atoms with Crippen molar-refractivity contribution in [2.75, 3.05) is 13.2 Å². The summed E-state index contributed by atoms with van der Waals surface area (Å²) in [5.74, 6) is 0.202. The lowest BCUT2D eigenvalue weighted by atomic mass is 9.92.